The number of piperidine rings is 1. The van der Waals surface area contributed by atoms with Crippen molar-refractivity contribution < 1.29 is 18.4 Å². The number of anilines is 1. The summed E-state index contributed by atoms with van der Waals surface area (Å²) in [6.45, 7) is 3.43. The molecule has 1 aromatic carbocycles. The lowest BCUT2D eigenvalue weighted by Gasteiger charge is -2.30. The van der Waals surface area contributed by atoms with Gasteiger partial charge in [0.2, 0.25) is 11.8 Å². The topological polar surface area (TPSA) is 49.4 Å². The molecule has 2 rings (SSSR count). The number of likely N-dealkylation sites (tertiary alicyclic amines) is 1. The molecule has 0 radical (unpaired) electrons. The first-order chi connectivity index (χ1) is 9.95. The summed E-state index contributed by atoms with van der Waals surface area (Å²) >= 11 is 0. The maximum absolute atomic E-state index is 13.4. The van der Waals surface area contributed by atoms with Crippen LogP contribution in [0.15, 0.2) is 18.2 Å². The number of nitrogens with zero attached hydrogens (tertiary/aromatic N) is 1. The highest BCUT2D eigenvalue weighted by Gasteiger charge is 2.22. The van der Waals surface area contributed by atoms with E-state index in [4.69, 9.17) is 0 Å². The molecule has 1 aliphatic heterocycles. The van der Waals surface area contributed by atoms with Gasteiger partial charge in [-0.1, -0.05) is 6.92 Å². The summed E-state index contributed by atoms with van der Waals surface area (Å²) in [5.74, 6) is -1.84. The zero-order chi connectivity index (χ0) is 15.4. The Balaban J connectivity index is 1.88. The summed E-state index contributed by atoms with van der Waals surface area (Å²) < 4.78 is 26.2. The molecule has 1 fully saturated rings. The van der Waals surface area contributed by atoms with Gasteiger partial charge in [0.1, 0.15) is 18.1 Å². The second-order valence-corrected chi connectivity index (χ2v) is 5.41. The highest BCUT2D eigenvalue weighted by molar-refractivity contribution is 6.03. The highest BCUT2D eigenvalue weighted by Crippen LogP contribution is 2.18. The van der Waals surface area contributed by atoms with Crippen LogP contribution in [0.4, 0.5) is 14.5 Å². The van der Waals surface area contributed by atoms with Crippen molar-refractivity contribution in [2.45, 2.75) is 26.2 Å². The van der Waals surface area contributed by atoms with Gasteiger partial charge in [-0.05, 0) is 30.9 Å². The van der Waals surface area contributed by atoms with Crippen LogP contribution in [0.3, 0.4) is 0 Å². The van der Waals surface area contributed by atoms with Crippen LogP contribution in [0, 0.1) is 17.6 Å². The molecule has 1 saturated heterocycles. The van der Waals surface area contributed by atoms with Crippen molar-refractivity contribution in [3.8, 4) is 0 Å². The number of carbonyl (C=O) groups excluding carboxylic acids is 2. The number of halogens is 2. The molecule has 1 aromatic rings. The average molecular weight is 296 g/mol. The van der Waals surface area contributed by atoms with Crippen LogP contribution in [0.25, 0.3) is 0 Å². The number of hydrogen-bond acceptors (Lipinski definition) is 2. The molecule has 1 heterocycles. The standard InChI is InChI=1S/C15H18F2N2O2/c1-10-4-6-19(7-5-10)15(21)9-14(20)18-13-3-2-11(16)8-12(13)17/h2-3,8,10H,4-7,9H2,1H3,(H,18,20). The maximum atomic E-state index is 13.4. The summed E-state index contributed by atoms with van der Waals surface area (Å²) in [7, 11) is 0. The Bertz CT molecular complexity index is 540. The first-order valence-corrected chi connectivity index (χ1v) is 6.98. The van der Waals surface area contributed by atoms with E-state index < -0.39 is 17.5 Å². The van der Waals surface area contributed by atoms with Crippen LogP contribution >= 0.6 is 0 Å². The van der Waals surface area contributed by atoms with Crippen molar-refractivity contribution >= 4 is 17.5 Å². The lowest BCUT2D eigenvalue weighted by Crippen LogP contribution is -2.39. The number of amides is 2. The molecule has 2 amide bonds. The van der Waals surface area contributed by atoms with Crippen molar-refractivity contribution in [1.29, 1.82) is 0 Å². The summed E-state index contributed by atoms with van der Waals surface area (Å²) in [5, 5.41) is 2.29. The van der Waals surface area contributed by atoms with E-state index in [0.717, 1.165) is 25.0 Å². The normalized spacial score (nSPS) is 15.9. The third-order valence-corrected chi connectivity index (χ3v) is 3.65. The van der Waals surface area contributed by atoms with E-state index in [1.165, 1.54) is 0 Å². The predicted molar refractivity (Wildman–Crippen MR) is 74.6 cm³/mol. The highest BCUT2D eigenvalue weighted by atomic mass is 19.1. The van der Waals surface area contributed by atoms with Gasteiger partial charge in [0, 0.05) is 19.2 Å². The summed E-state index contributed by atoms with van der Waals surface area (Å²) in [5.41, 5.74) is -0.124. The Labute approximate surface area is 122 Å². The molecular formula is C15H18F2N2O2. The SMILES string of the molecule is CC1CCN(C(=O)CC(=O)Nc2ccc(F)cc2F)CC1. The molecule has 0 spiro atoms. The zero-order valence-corrected chi connectivity index (χ0v) is 11.9. The van der Waals surface area contributed by atoms with E-state index in [9.17, 15) is 18.4 Å². The number of hydrogen-bond donors (Lipinski definition) is 1. The van der Waals surface area contributed by atoms with Gasteiger partial charge < -0.3 is 10.2 Å². The monoisotopic (exact) mass is 296 g/mol. The fourth-order valence-corrected chi connectivity index (χ4v) is 2.29. The molecule has 1 aliphatic rings. The lowest BCUT2D eigenvalue weighted by atomic mass is 9.99. The Hall–Kier alpha value is -1.98. The minimum absolute atomic E-state index is 0.124. The lowest BCUT2D eigenvalue weighted by molar-refractivity contribution is -0.135. The number of nitrogens with one attached hydrogen (secondary N) is 1. The van der Waals surface area contributed by atoms with Gasteiger partial charge in [0.15, 0.2) is 0 Å². The summed E-state index contributed by atoms with van der Waals surface area (Å²) in [4.78, 5) is 25.4. The minimum atomic E-state index is -0.859. The summed E-state index contributed by atoms with van der Waals surface area (Å²) in [6, 6.07) is 2.87. The molecule has 21 heavy (non-hydrogen) atoms. The first kappa shape index (κ1) is 15.4. The molecule has 0 saturated carbocycles. The van der Waals surface area contributed by atoms with Crippen LogP contribution in [0.2, 0.25) is 0 Å². The Kier molecular flexibility index (Phi) is 4.88. The third-order valence-electron chi connectivity index (χ3n) is 3.65. The second kappa shape index (κ2) is 6.65. The van der Waals surface area contributed by atoms with E-state index >= 15 is 0 Å². The van der Waals surface area contributed by atoms with E-state index in [-0.39, 0.29) is 18.0 Å². The van der Waals surface area contributed by atoms with Gasteiger partial charge in [0.25, 0.3) is 0 Å². The van der Waals surface area contributed by atoms with Gasteiger partial charge in [-0.3, -0.25) is 9.59 Å². The van der Waals surface area contributed by atoms with Gasteiger partial charge in [-0.15, -0.1) is 0 Å². The van der Waals surface area contributed by atoms with E-state index in [2.05, 4.69) is 12.2 Å². The van der Waals surface area contributed by atoms with Crippen LogP contribution in [-0.2, 0) is 9.59 Å². The fraction of sp³-hybridized carbons (Fsp3) is 0.467. The Morgan fingerprint density at radius 3 is 2.57 bits per heavy atom. The summed E-state index contributed by atoms with van der Waals surface area (Å²) in [6.07, 6.45) is 1.53. The van der Waals surface area contributed by atoms with Crippen LogP contribution in [0.1, 0.15) is 26.2 Å². The average Bonchev–Trinajstić information content (AvgIpc) is 2.42. The molecule has 0 aliphatic carbocycles. The van der Waals surface area contributed by atoms with E-state index in [0.29, 0.717) is 25.1 Å². The van der Waals surface area contributed by atoms with Crippen molar-refractivity contribution in [1.82, 2.24) is 4.90 Å². The van der Waals surface area contributed by atoms with Crippen molar-refractivity contribution in [2.24, 2.45) is 5.92 Å². The Morgan fingerprint density at radius 2 is 1.95 bits per heavy atom. The number of carbonyl (C=O) groups is 2. The van der Waals surface area contributed by atoms with Gasteiger partial charge >= 0.3 is 0 Å². The molecule has 6 heteroatoms. The van der Waals surface area contributed by atoms with Gasteiger partial charge in [-0.25, -0.2) is 8.78 Å². The van der Waals surface area contributed by atoms with Crippen molar-refractivity contribution in [2.75, 3.05) is 18.4 Å². The van der Waals surface area contributed by atoms with Gasteiger partial charge in [-0.2, -0.15) is 0 Å². The van der Waals surface area contributed by atoms with Gasteiger partial charge in [0.05, 0.1) is 5.69 Å². The van der Waals surface area contributed by atoms with E-state index in [1.54, 1.807) is 4.90 Å². The molecule has 0 aromatic heterocycles. The predicted octanol–water partition coefficient (Wildman–Crippen LogP) is 2.55. The largest absolute Gasteiger partial charge is 0.342 e. The Morgan fingerprint density at radius 1 is 1.29 bits per heavy atom. The molecule has 4 nitrogen and oxygen atoms in total. The second-order valence-electron chi connectivity index (χ2n) is 5.41. The molecule has 114 valence electrons. The smallest absolute Gasteiger partial charge is 0.233 e. The first-order valence-electron chi connectivity index (χ1n) is 6.98. The molecule has 1 N–H and O–H groups in total. The van der Waals surface area contributed by atoms with Crippen molar-refractivity contribution in [3.05, 3.63) is 29.8 Å². The van der Waals surface area contributed by atoms with Crippen LogP contribution < -0.4 is 5.32 Å². The van der Waals surface area contributed by atoms with Crippen molar-refractivity contribution in [3.63, 3.8) is 0 Å². The molecule has 0 atom stereocenters. The molecule has 0 unspecified atom stereocenters. The van der Waals surface area contributed by atoms with Crippen LogP contribution in [-0.4, -0.2) is 29.8 Å². The third kappa shape index (κ3) is 4.24. The molecular weight excluding hydrogens is 278 g/mol. The maximum Gasteiger partial charge on any atom is 0.233 e. The molecule has 0 bridgehead atoms. The zero-order valence-electron chi connectivity index (χ0n) is 11.9. The fourth-order valence-electron chi connectivity index (χ4n) is 2.29. The van der Waals surface area contributed by atoms with Crippen LogP contribution in [0.5, 0.6) is 0 Å². The number of rotatable bonds is 3. The number of benzene rings is 1. The quantitative estimate of drug-likeness (QED) is 0.871. The minimum Gasteiger partial charge on any atom is -0.342 e. The van der Waals surface area contributed by atoms with E-state index in [1.807, 2.05) is 0 Å².